The van der Waals surface area contributed by atoms with Gasteiger partial charge >= 0.3 is 0 Å². The van der Waals surface area contributed by atoms with Gasteiger partial charge in [0, 0.05) is 25.3 Å². The van der Waals surface area contributed by atoms with Crippen LogP contribution in [0.5, 0.6) is 0 Å². The van der Waals surface area contributed by atoms with Gasteiger partial charge in [0.25, 0.3) is 0 Å². The summed E-state index contributed by atoms with van der Waals surface area (Å²) in [5.41, 5.74) is 7.32. The predicted octanol–water partition coefficient (Wildman–Crippen LogP) is 2.63. The van der Waals surface area contributed by atoms with E-state index in [4.69, 9.17) is 5.73 Å². The maximum absolute atomic E-state index is 13.6. The molecule has 0 heterocycles. The minimum Gasteiger partial charge on any atom is -0.326 e. The SMILES string of the molecule is CN(C(=O)Cc1ccc(F)cc1F)c1cccc(CN)c1. The third-order valence-electron chi connectivity index (χ3n) is 3.26. The monoisotopic (exact) mass is 290 g/mol. The Bertz CT molecular complexity index is 658. The third-order valence-corrected chi connectivity index (χ3v) is 3.26. The summed E-state index contributed by atoms with van der Waals surface area (Å²) in [4.78, 5) is 13.6. The number of amides is 1. The minimum atomic E-state index is -0.715. The summed E-state index contributed by atoms with van der Waals surface area (Å²) < 4.78 is 26.4. The topological polar surface area (TPSA) is 46.3 Å². The van der Waals surface area contributed by atoms with E-state index in [1.165, 1.54) is 11.0 Å². The Labute approximate surface area is 122 Å². The maximum atomic E-state index is 13.6. The van der Waals surface area contributed by atoms with Gasteiger partial charge < -0.3 is 10.6 Å². The molecule has 0 aliphatic heterocycles. The average Bonchev–Trinajstić information content (AvgIpc) is 2.49. The number of likely N-dealkylation sites (N-methyl/N-ethyl adjacent to an activating group) is 1. The Morgan fingerprint density at radius 2 is 1.95 bits per heavy atom. The number of nitrogens with two attached hydrogens (primary N) is 1. The highest BCUT2D eigenvalue weighted by Gasteiger charge is 2.14. The molecule has 5 heteroatoms. The second-order valence-electron chi connectivity index (χ2n) is 4.74. The van der Waals surface area contributed by atoms with Gasteiger partial charge in [0.05, 0.1) is 6.42 Å². The van der Waals surface area contributed by atoms with Gasteiger partial charge in [0.1, 0.15) is 11.6 Å². The van der Waals surface area contributed by atoms with Gasteiger partial charge in [-0.1, -0.05) is 18.2 Å². The molecule has 2 aromatic rings. The lowest BCUT2D eigenvalue weighted by atomic mass is 10.1. The van der Waals surface area contributed by atoms with Crippen molar-refractivity contribution in [1.29, 1.82) is 0 Å². The van der Waals surface area contributed by atoms with Gasteiger partial charge in [-0.3, -0.25) is 4.79 Å². The Kier molecular flexibility index (Phi) is 4.65. The molecule has 0 aliphatic rings. The zero-order valence-electron chi connectivity index (χ0n) is 11.6. The lowest BCUT2D eigenvalue weighted by Gasteiger charge is -2.18. The zero-order valence-corrected chi connectivity index (χ0v) is 11.6. The summed E-state index contributed by atoms with van der Waals surface area (Å²) in [5, 5.41) is 0. The molecule has 110 valence electrons. The van der Waals surface area contributed by atoms with Crippen molar-refractivity contribution in [3.63, 3.8) is 0 Å². The van der Waals surface area contributed by atoms with E-state index in [-0.39, 0.29) is 17.9 Å². The molecule has 0 saturated carbocycles. The average molecular weight is 290 g/mol. The van der Waals surface area contributed by atoms with E-state index in [1.54, 1.807) is 25.2 Å². The van der Waals surface area contributed by atoms with Crippen LogP contribution in [-0.2, 0) is 17.8 Å². The molecule has 0 aromatic heterocycles. The predicted molar refractivity (Wildman–Crippen MR) is 77.8 cm³/mol. The first kappa shape index (κ1) is 15.1. The van der Waals surface area contributed by atoms with E-state index in [0.29, 0.717) is 12.2 Å². The van der Waals surface area contributed by atoms with Crippen LogP contribution in [0.3, 0.4) is 0 Å². The molecule has 0 fully saturated rings. The minimum absolute atomic E-state index is 0.129. The van der Waals surface area contributed by atoms with Crippen molar-refractivity contribution in [3.8, 4) is 0 Å². The van der Waals surface area contributed by atoms with E-state index >= 15 is 0 Å². The van der Waals surface area contributed by atoms with Crippen molar-refractivity contribution in [2.24, 2.45) is 5.73 Å². The normalized spacial score (nSPS) is 10.5. The number of carbonyl (C=O) groups excluding carboxylic acids is 1. The number of hydrogen-bond acceptors (Lipinski definition) is 2. The standard InChI is InChI=1S/C16H16F2N2O/c1-20(14-4-2-3-11(7-14)10-19)16(21)8-12-5-6-13(17)9-15(12)18/h2-7,9H,8,10,19H2,1H3. The quantitative estimate of drug-likeness (QED) is 0.941. The van der Waals surface area contributed by atoms with Crippen LogP contribution < -0.4 is 10.6 Å². The summed E-state index contributed by atoms with van der Waals surface area (Å²) in [6, 6.07) is 10.4. The Balaban J connectivity index is 2.15. The van der Waals surface area contributed by atoms with Crippen molar-refractivity contribution >= 4 is 11.6 Å². The van der Waals surface area contributed by atoms with E-state index < -0.39 is 11.6 Å². The number of carbonyl (C=O) groups is 1. The van der Waals surface area contributed by atoms with Crippen LogP contribution in [0, 0.1) is 11.6 Å². The summed E-state index contributed by atoms with van der Waals surface area (Å²) >= 11 is 0. The fourth-order valence-electron chi connectivity index (χ4n) is 1.98. The smallest absolute Gasteiger partial charge is 0.231 e. The van der Waals surface area contributed by atoms with Gasteiger partial charge in [-0.25, -0.2) is 8.78 Å². The molecule has 0 saturated heterocycles. The first-order chi connectivity index (χ1) is 10.0. The second-order valence-corrected chi connectivity index (χ2v) is 4.74. The molecule has 0 atom stereocenters. The van der Waals surface area contributed by atoms with Crippen molar-refractivity contribution in [1.82, 2.24) is 0 Å². The molecule has 0 unspecified atom stereocenters. The van der Waals surface area contributed by atoms with E-state index in [9.17, 15) is 13.6 Å². The molecule has 21 heavy (non-hydrogen) atoms. The lowest BCUT2D eigenvalue weighted by Crippen LogP contribution is -2.28. The second kappa shape index (κ2) is 6.45. The Morgan fingerprint density at radius 3 is 2.62 bits per heavy atom. The number of rotatable bonds is 4. The summed E-state index contributed by atoms with van der Waals surface area (Å²) in [6.45, 7) is 0.377. The summed E-state index contributed by atoms with van der Waals surface area (Å²) in [6.07, 6.45) is -0.129. The van der Waals surface area contributed by atoms with E-state index in [2.05, 4.69) is 0 Å². The molecule has 0 spiro atoms. The maximum Gasteiger partial charge on any atom is 0.231 e. The largest absolute Gasteiger partial charge is 0.326 e. The highest BCUT2D eigenvalue weighted by atomic mass is 19.1. The highest BCUT2D eigenvalue weighted by Crippen LogP contribution is 2.17. The summed E-state index contributed by atoms with van der Waals surface area (Å²) in [5.74, 6) is -1.66. The zero-order chi connectivity index (χ0) is 15.4. The van der Waals surface area contributed by atoms with Crippen LogP contribution in [-0.4, -0.2) is 13.0 Å². The van der Waals surface area contributed by atoms with Gasteiger partial charge in [0.15, 0.2) is 0 Å². The Hall–Kier alpha value is -2.27. The summed E-state index contributed by atoms with van der Waals surface area (Å²) in [7, 11) is 1.61. The van der Waals surface area contributed by atoms with Crippen LogP contribution in [0.1, 0.15) is 11.1 Å². The van der Waals surface area contributed by atoms with Crippen LogP contribution in [0.15, 0.2) is 42.5 Å². The molecule has 0 aliphatic carbocycles. The van der Waals surface area contributed by atoms with Crippen molar-refractivity contribution < 1.29 is 13.6 Å². The van der Waals surface area contributed by atoms with Crippen molar-refractivity contribution in [2.75, 3.05) is 11.9 Å². The number of halogens is 2. The van der Waals surface area contributed by atoms with Crippen molar-refractivity contribution in [2.45, 2.75) is 13.0 Å². The first-order valence-electron chi connectivity index (χ1n) is 6.50. The van der Waals surface area contributed by atoms with Crippen LogP contribution in [0.2, 0.25) is 0 Å². The molecule has 2 rings (SSSR count). The van der Waals surface area contributed by atoms with Crippen LogP contribution in [0.4, 0.5) is 14.5 Å². The molecule has 0 radical (unpaired) electrons. The highest BCUT2D eigenvalue weighted by molar-refractivity contribution is 5.94. The van der Waals surface area contributed by atoms with Crippen LogP contribution in [0.25, 0.3) is 0 Å². The number of benzene rings is 2. The lowest BCUT2D eigenvalue weighted by molar-refractivity contribution is -0.117. The van der Waals surface area contributed by atoms with E-state index in [0.717, 1.165) is 17.7 Å². The molecule has 1 amide bonds. The molecule has 0 bridgehead atoms. The molecule has 2 N–H and O–H groups in total. The van der Waals surface area contributed by atoms with Gasteiger partial charge in [0.2, 0.25) is 5.91 Å². The first-order valence-corrected chi connectivity index (χ1v) is 6.50. The Morgan fingerprint density at radius 1 is 1.19 bits per heavy atom. The van der Waals surface area contributed by atoms with Crippen LogP contribution >= 0.6 is 0 Å². The van der Waals surface area contributed by atoms with Gasteiger partial charge in [-0.05, 0) is 29.3 Å². The van der Waals surface area contributed by atoms with Gasteiger partial charge in [-0.2, -0.15) is 0 Å². The van der Waals surface area contributed by atoms with Gasteiger partial charge in [-0.15, -0.1) is 0 Å². The fourth-order valence-corrected chi connectivity index (χ4v) is 1.98. The molecule has 2 aromatic carbocycles. The molecule has 3 nitrogen and oxygen atoms in total. The van der Waals surface area contributed by atoms with E-state index in [1.807, 2.05) is 6.07 Å². The molecular weight excluding hydrogens is 274 g/mol. The number of nitrogens with zero attached hydrogens (tertiary/aromatic N) is 1. The molecular formula is C16H16F2N2O. The third kappa shape index (κ3) is 3.64. The fraction of sp³-hybridized carbons (Fsp3) is 0.188. The van der Waals surface area contributed by atoms with Crippen molar-refractivity contribution in [3.05, 3.63) is 65.2 Å². The number of anilines is 1. The number of hydrogen-bond donors (Lipinski definition) is 1.